The maximum absolute atomic E-state index is 13.4. The molecule has 0 aliphatic rings. The van der Waals surface area contributed by atoms with Crippen LogP contribution in [0.2, 0.25) is 0 Å². The van der Waals surface area contributed by atoms with Crippen LogP contribution in [0.3, 0.4) is 0 Å². The number of carbonyl (C=O) groups excluding carboxylic acids is 1. The van der Waals surface area contributed by atoms with E-state index in [1.54, 1.807) is 0 Å². The Kier molecular flexibility index (Phi) is 5.35. The molecule has 0 radical (unpaired) electrons. The summed E-state index contributed by atoms with van der Waals surface area (Å²) in [6, 6.07) is 2.54. The number of esters is 1. The highest BCUT2D eigenvalue weighted by molar-refractivity contribution is 7.92. The van der Waals surface area contributed by atoms with Gasteiger partial charge in [0.2, 0.25) is 0 Å². The Labute approximate surface area is 144 Å². The zero-order chi connectivity index (χ0) is 19.5. The summed E-state index contributed by atoms with van der Waals surface area (Å²) in [7, 11) is -3.61. The molecule has 12 heteroatoms. The van der Waals surface area contributed by atoms with Gasteiger partial charge in [0.25, 0.3) is 10.0 Å². The van der Waals surface area contributed by atoms with E-state index in [9.17, 15) is 30.8 Å². The maximum atomic E-state index is 13.4. The standard InChI is InChI=1S/C14H10F4N2O5S/c1-24-13(21)8-4-10(7-19-6-8)20-26(22,23)12-5-9(15)2-3-11(12)25-14(16,17)18/h2-7,20H,1H3. The van der Waals surface area contributed by atoms with Gasteiger partial charge in [0.05, 0.1) is 24.6 Å². The minimum atomic E-state index is -5.19. The zero-order valence-electron chi connectivity index (χ0n) is 12.9. The Morgan fingerprint density at radius 2 is 1.88 bits per heavy atom. The van der Waals surface area contributed by atoms with Crippen molar-refractivity contribution < 1.29 is 40.2 Å². The third-order valence-corrected chi connectivity index (χ3v) is 4.24. The second-order valence-electron chi connectivity index (χ2n) is 4.70. The average Bonchev–Trinajstić information content (AvgIpc) is 2.54. The van der Waals surface area contributed by atoms with Crippen LogP contribution in [0.5, 0.6) is 5.75 Å². The minimum Gasteiger partial charge on any atom is -0.465 e. The normalized spacial score (nSPS) is 11.7. The van der Waals surface area contributed by atoms with E-state index in [1.807, 2.05) is 4.72 Å². The molecule has 0 aliphatic heterocycles. The topological polar surface area (TPSA) is 94.6 Å². The number of nitrogens with zero attached hydrogens (tertiary/aromatic N) is 1. The number of benzene rings is 1. The van der Waals surface area contributed by atoms with Crippen molar-refractivity contribution in [1.82, 2.24) is 4.98 Å². The second kappa shape index (κ2) is 7.15. The van der Waals surface area contributed by atoms with Crippen molar-refractivity contribution in [2.24, 2.45) is 0 Å². The number of aromatic nitrogens is 1. The Morgan fingerprint density at radius 3 is 2.50 bits per heavy atom. The van der Waals surface area contributed by atoms with Crippen molar-refractivity contribution in [3.05, 3.63) is 48.0 Å². The average molecular weight is 394 g/mol. The molecule has 7 nitrogen and oxygen atoms in total. The number of anilines is 1. The number of ether oxygens (including phenoxy) is 2. The van der Waals surface area contributed by atoms with E-state index in [0.29, 0.717) is 18.2 Å². The first-order valence-electron chi connectivity index (χ1n) is 6.63. The largest absolute Gasteiger partial charge is 0.573 e. The molecule has 0 bridgehead atoms. The quantitative estimate of drug-likeness (QED) is 0.619. The van der Waals surface area contributed by atoms with Gasteiger partial charge in [-0.3, -0.25) is 9.71 Å². The number of nitrogens with one attached hydrogen (secondary N) is 1. The van der Waals surface area contributed by atoms with Crippen molar-refractivity contribution in [1.29, 1.82) is 0 Å². The number of hydrogen-bond acceptors (Lipinski definition) is 6. The van der Waals surface area contributed by atoms with Crippen LogP contribution in [0.25, 0.3) is 0 Å². The van der Waals surface area contributed by atoms with E-state index in [-0.39, 0.29) is 11.3 Å². The lowest BCUT2D eigenvalue weighted by Crippen LogP contribution is -2.21. The second-order valence-corrected chi connectivity index (χ2v) is 6.35. The summed E-state index contributed by atoms with van der Waals surface area (Å²) in [4.78, 5) is 14.0. The number of sulfonamides is 1. The van der Waals surface area contributed by atoms with Gasteiger partial charge in [-0.1, -0.05) is 0 Å². The molecule has 26 heavy (non-hydrogen) atoms. The Hall–Kier alpha value is -2.89. The van der Waals surface area contributed by atoms with E-state index in [1.165, 1.54) is 0 Å². The Bertz CT molecular complexity index is 931. The van der Waals surface area contributed by atoms with Gasteiger partial charge in [-0.25, -0.2) is 17.6 Å². The van der Waals surface area contributed by atoms with Crippen molar-refractivity contribution in [2.75, 3.05) is 11.8 Å². The number of hydrogen-bond donors (Lipinski definition) is 1. The van der Waals surface area contributed by atoms with E-state index < -0.39 is 38.8 Å². The summed E-state index contributed by atoms with van der Waals surface area (Å²) in [5.74, 6) is -3.03. The first-order valence-corrected chi connectivity index (χ1v) is 8.11. The molecule has 0 amide bonds. The number of rotatable bonds is 5. The van der Waals surface area contributed by atoms with Crippen LogP contribution in [-0.4, -0.2) is 32.8 Å². The van der Waals surface area contributed by atoms with Crippen LogP contribution >= 0.6 is 0 Å². The van der Waals surface area contributed by atoms with Gasteiger partial charge in [0.15, 0.2) is 0 Å². The third-order valence-electron chi connectivity index (χ3n) is 2.83. The lowest BCUT2D eigenvalue weighted by molar-refractivity contribution is -0.275. The van der Waals surface area contributed by atoms with Crippen LogP contribution in [0.4, 0.5) is 23.2 Å². The lowest BCUT2D eigenvalue weighted by Gasteiger charge is -2.14. The molecule has 0 atom stereocenters. The van der Waals surface area contributed by atoms with Crippen LogP contribution in [-0.2, 0) is 14.8 Å². The molecular weight excluding hydrogens is 384 g/mol. The summed E-state index contributed by atoms with van der Waals surface area (Å²) < 4.78 is 85.3. The molecule has 0 aliphatic carbocycles. The van der Waals surface area contributed by atoms with Crippen molar-refractivity contribution in [3.8, 4) is 5.75 Å². The van der Waals surface area contributed by atoms with Gasteiger partial charge >= 0.3 is 12.3 Å². The predicted octanol–water partition coefficient (Wildman–Crippen LogP) is 2.71. The van der Waals surface area contributed by atoms with Crippen LogP contribution < -0.4 is 9.46 Å². The number of pyridine rings is 1. The van der Waals surface area contributed by atoms with Gasteiger partial charge in [0, 0.05) is 6.20 Å². The highest BCUT2D eigenvalue weighted by Crippen LogP contribution is 2.31. The summed E-state index contributed by atoms with van der Waals surface area (Å²) in [6.07, 6.45) is -3.11. The molecule has 0 saturated carbocycles. The van der Waals surface area contributed by atoms with E-state index >= 15 is 0 Å². The molecule has 2 rings (SSSR count). The molecule has 0 unspecified atom stereocenters. The number of methoxy groups -OCH3 is 1. The summed E-state index contributed by atoms with van der Waals surface area (Å²) in [5, 5.41) is 0. The number of carbonyl (C=O) groups is 1. The van der Waals surface area contributed by atoms with Crippen LogP contribution in [0.1, 0.15) is 10.4 Å². The molecule has 1 aromatic heterocycles. The number of halogens is 4. The van der Waals surface area contributed by atoms with Gasteiger partial charge in [0.1, 0.15) is 16.5 Å². The monoisotopic (exact) mass is 394 g/mol. The zero-order valence-corrected chi connectivity index (χ0v) is 13.7. The Morgan fingerprint density at radius 1 is 1.19 bits per heavy atom. The van der Waals surface area contributed by atoms with E-state index in [2.05, 4.69) is 14.5 Å². The highest BCUT2D eigenvalue weighted by Gasteiger charge is 2.34. The minimum absolute atomic E-state index is 0.112. The first kappa shape index (κ1) is 19.4. The fourth-order valence-electron chi connectivity index (χ4n) is 1.84. The van der Waals surface area contributed by atoms with Gasteiger partial charge in [-0.05, 0) is 24.3 Å². The molecule has 0 saturated heterocycles. The summed E-state index contributed by atoms with van der Waals surface area (Å²) in [6.45, 7) is 0. The fraction of sp³-hybridized carbons (Fsp3) is 0.143. The molecule has 1 aromatic carbocycles. The van der Waals surface area contributed by atoms with Crippen LogP contribution in [0, 0.1) is 5.82 Å². The number of alkyl halides is 3. The Balaban J connectivity index is 2.42. The van der Waals surface area contributed by atoms with E-state index in [0.717, 1.165) is 25.6 Å². The molecule has 0 fully saturated rings. The van der Waals surface area contributed by atoms with Gasteiger partial charge < -0.3 is 9.47 Å². The van der Waals surface area contributed by atoms with Gasteiger partial charge in [-0.2, -0.15) is 0 Å². The lowest BCUT2D eigenvalue weighted by atomic mass is 10.3. The fourth-order valence-corrected chi connectivity index (χ4v) is 3.01. The van der Waals surface area contributed by atoms with Crippen LogP contribution in [0.15, 0.2) is 41.6 Å². The molecule has 1 N–H and O–H groups in total. The third kappa shape index (κ3) is 4.81. The van der Waals surface area contributed by atoms with Crippen molar-refractivity contribution in [2.45, 2.75) is 11.3 Å². The van der Waals surface area contributed by atoms with Crippen molar-refractivity contribution in [3.63, 3.8) is 0 Å². The molecule has 2 aromatic rings. The summed E-state index contributed by atoms with van der Waals surface area (Å²) in [5.41, 5.74) is -0.367. The van der Waals surface area contributed by atoms with E-state index in [4.69, 9.17) is 0 Å². The molecular formula is C14H10F4N2O5S. The maximum Gasteiger partial charge on any atom is 0.573 e. The van der Waals surface area contributed by atoms with Crippen molar-refractivity contribution >= 4 is 21.7 Å². The predicted molar refractivity (Wildman–Crippen MR) is 79.5 cm³/mol. The van der Waals surface area contributed by atoms with Gasteiger partial charge in [-0.15, -0.1) is 13.2 Å². The molecule has 140 valence electrons. The molecule has 0 spiro atoms. The SMILES string of the molecule is COC(=O)c1cncc(NS(=O)(=O)c2cc(F)ccc2OC(F)(F)F)c1. The first-order chi connectivity index (χ1) is 12.0. The molecule has 1 heterocycles. The summed E-state index contributed by atoms with van der Waals surface area (Å²) >= 11 is 0. The smallest absolute Gasteiger partial charge is 0.465 e. The highest BCUT2D eigenvalue weighted by atomic mass is 32.2.